The van der Waals surface area contributed by atoms with E-state index in [9.17, 15) is 9.59 Å². The minimum absolute atomic E-state index is 0.0322. The fourth-order valence-corrected chi connectivity index (χ4v) is 3.30. The van der Waals surface area contributed by atoms with Gasteiger partial charge in [0.05, 0.1) is 17.4 Å². The third-order valence-corrected chi connectivity index (χ3v) is 4.83. The lowest BCUT2D eigenvalue weighted by Gasteiger charge is -2.32. The number of nitrogens with one attached hydrogen (secondary N) is 2. The molecule has 0 bridgehead atoms. The van der Waals surface area contributed by atoms with E-state index in [4.69, 9.17) is 0 Å². The highest BCUT2D eigenvalue weighted by atomic mass is 16.2. The molecule has 10 heteroatoms. The summed E-state index contributed by atoms with van der Waals surface area (Å²) >= 11 is 0. The molecule has 0 atom stereocenters. The predicted molar refractivity (Wildman–Crippen MR) is 106 cm³/mol. The third kappa shape index (κ3) is 4.26. The number of urea groups is 1. The normalized spacial score (nSPS) is 14.6. The summed E-state index contributed by atoms with van der Waals surface area (Å²) in [7, 11) is 1.77. The first kappa shape index (κ1) is 18.7. The van der Waals surface area contributed by atoms with Gasteiger partial charge in [0, 0.05) is 51.0 Å². The molecule has 3 aromatic heterocycles. The Bertz CT molecular complexity index is 989. The summed E-state index contributed by atoms with van der Waals surface area (Å²) in [6.45, 7) is 1.11. The molecule has 4 rings (SSSR count). The number of likely N-dealkylation sites (tertiary alicyclic amines) is 1. The van der Waals surface area contributed by atoms with Crippen molar-refractivity contribution >= 4 is 17.6 Å². The molecule has 10 nitrogen and oxygen atoms in total. The Hall–Kier alpha value is -3.69. The van der Waals surface area contributed by atoms with Gasteiger partial charge in [-0.25, -0.2) is 14.5 Å². The summed E-state index contributed by atoms with van der Waals surface area (Å²) in [4.78, 5) is 31.0. The summed E-state index contributed by atoms with van der Waals surface area (Å²) in [5.41, 5.74) is 1.13. The highest BCUT2D eigenvalue weighted by Gasteiger charge is 2.25. The fraction of sp³-hybridized carbons (Fsp3) is 0.316. The molecule has 1 fully saturated rings. The number of carbonyl (C=O) groups excluding carboxylic acids is 2. The Balaban J connectivity index is 1.32. The van der Waals surface area contributed by atoms with Crippen LogP contribution < -0.4 is 10.6 Å². The Morgan fingerprint density at radius 2 is 1.97 bits per heavy atom. The number of pyridine rings is 1. The van der Waals surface area contributed by atoms with Crippen molar-refractivity contribution in [1.29, 1.82) is 0 Å². The highest BCUT2D eigenvalue weighted by molar-refractivity contribution is 5.94. The first-order valence-electron chi connectivity index (χ1n) is 9.40. The van der Waals surface area contributed by atoms with Crippen molar-refractivity contribution < 1.29 is 9.59 Å². The first-order valence-corrected chi connectivity index (χ1v) is 9.40. The number of hydrogen-bond donors (Lipinski definition) is 2. The molecule has 29 heavy (non-hydrogen) atoms. The van der Waals surface area contributed by atoms with Crippen molar-refractivity contribution in [2.45, 2.75) is 18.9 Å². The monoisotopic (exact) mass is 394 g/mol. The minimum Gasteiger partial charge on any atom is -0.349 e. The van der Waals surface area contributed by atoms with Gasteiger partial charge in [-0.2, -0.15) is 10.2 Å². The molecule has 1 aliphatic heterocycles. The number of rotatable bonds is 4. The minimum atomic E-state index is -0.191. The van der Waals surface area contributed by atoms with Crippen molar-refractivity contribution in [1.82, 2.24) is 34.8 Å². The van der Waals surface area contributed by atoms with Crippen LogP contribution in [0, 0.1) is 0 Å². The van der Waals surface area contributed by atoms with Crippen LogP contribution in [0.4, 0.5) is 10.5 Å². The molecule has 0 aromatic carbocycles. The summed E-state index contributed by atoms with van der Waals surface area (Å²) in [6, 6.07) is 5.20. The average molecular weight is 394 g/mol. The van der Waals surface area contributed by atoms with Gasteiger partial charge in [-0.05, 0) is 31.0 Å². The molecule has 0 radical (unpaired) electrons. The second-order valence-electron chi connectivity index (χ2n) is 6.89. The first-order chi connectivity index (χ1) is 14.1. The van der Waals surface area contributed by atoms with E-state index in [0.29, 0.717) is 43.0 Å². The van der Waals surface area contributed by atoms with Crippen LogP contribution >= 0.6 is 0 Å². The van der Waals surface area contributed by atoms with E-state index in [0.717, 1.165) is 0 Å². The Morgan fingerprint density at radius 3 is 2.66 bits per heavy atom. The van der Waals surface area contributed by atoms with Crippen LogP contribution in [0.25, 0.3) is 5.82 Å². The molecule has 2 N–H and O–H groups in total. The molecular formula is C19H22N8O2. The van der Waals surface area contributed by atoms with Gasteiger partial charge in [0.2, 0.25) is 0 Å². The zero-order valence-corrected chi connectivity index (χ0v) is 16.0. The van der Waals surface area contributed by atoms with Gasteiger partial charge in [0.1, 0.15) is 0 Å². The zero-order chi connectivity index (χ0) is 20.2. The topological polar surface area (TPSA) is 110 Å². The molecule has 0 spiro atoms. The van der Waals surface area contributed by atoms with Gasteiger partial charge >= 0.3 is 6.03 Å². The van der Waals surface area contributed by atoms with Crippen LogP contribution in [0.15, 0.2) is 49.2 Å². The molecule has 3 amide bonds. The van der Waals surface area contributed by atoms with Crippen molar-refractivity contribution in [2.24, 2.45) is 7.05 Å². The molecule has 150 valence electrons. The smallest absolute Gasteiger partial charge is 0.321 e. The number of carbonyl (C=O) groups is 2. The molecule has 4 heterocycles. The van der Waals surface area contributed by atoms with Crippen LogP contribution in [0.3, 0.4) is 0 Å². The standard InChI is InChI=1S/C19H22N8O2/c1-25-13-14(12-22-25)18(28)23-15-5-10-26(11-6-15)19(29)24-16-4-2-7-20-17(16)27-9-3-8-21-27/h2-4,7-9,12-13,15H,5-6,10-11H2,1H3,(H,23,28)(H,24,29). The van der Waals surface area contributed by atoms with E-state index in [1.54, 1.807) is 70.5 Å². The zero-order valence-electron chi connectivity index (χ0n) is 16.0. The van der Waals surface area contributed by atoms with Gasteiger partial charge < -0.3 is 15.5 Å². The second kappa shape index (κ2) is 8.13. The number of nitrogens with zero attached hydrogens (tertiary/aromatic N) is 6. The van der Waals surface area contributed by atoms with E-state index in [1.165, 1.54) is 0 Å². The van der Waals surface area contributed by atoms with E-state index >= 15 is 0 Å². The van der Waals surface area contributed by atoms with Crippen molar-refractivity contribution in [3.05, 3.63) is 54.7 Å². The van der Waals surface area contributed by atoms with Gasteiger partial charge in [-0.15, -0.1) is 0 Å². The Morgan fingerprint density at radius 1 is 1.14 bits per heavy atom. The molecule has 3 aromatic rings. The fourth-order valence-electron chi connectivity index (χ4n) is 3.30. The summed E-state index contributed by atoms with van der Waals surface area (Å²) in [5, 5.41) is 14.1. The van der Waals surface area contributed by atoms with Crippen molar-refractivity contribution in [3.63, 3.8) is 0 Å². The number of piperidine rings is 1. The highest BCUT2D eigenvalue weighted by Crippen LogP contribution is 2.18. The van der Waals surface area contributed by atoms with Gasteiger partial charge in [0.15, 0.2) is 5.82 Å². The predicted octanol–water partition coefficient (Wildman–Crippen LogP) is 1.43. The number of hydrogen-bond acceptors (Lipinski definition) is 5. The lowest BCUT2D eigenvalue weighted by Crippen LogP contribution is -2.47. The van der Waals surface area contributed by atoms with Crippen LogP contribution in [-0.2, 0) is 7.05 Å². The van der Waals surface area contributed by atoms with Gasteiger partial charge in [0.25, 0.3) is 5.91 Å². The second-order valence-corrected chi connectivity index (χ2v) is 6.89. The third-order valence-electron chi connectivity index (χ3n) is 4.83. The number of amides is 3. The average Bonchev–Trinajstić information content (AvgIpc) is 3.41. The van der Waals surface area contributed by atoms with Crippen LogP contribution in [0.1, 0.15) is 23.2 Å². The lowest BCUT2D eigenvalue weighted by atomic mass is 10.0. The Kier molecular flexibility index (Phi) is 5.23. The van der Waals surface area contributed by atoms with E-state index in [2.05, 4.69) is 25.8 Å². The molecule has 0 unspecified atom stereocenters. The van der Waals surface area contributed by atoms with Gasteiger partial charge in [-0.3, -0.25) is 9.48 Å². The van der Waals surface area contributed by atoms with Crippen molar-refractivity contribution in [2.75, 3.05) is 18.4 Å². The van der Waals surface area contributed by atoms with Gasteiger partial charge in [-0.1, -0.05) is 0 Å². The van der Waals surface area contributed by atoms with Crippen LogP contribution in [-0.4, -0.2) is 60.5 Å². The van der Waals surface area contributed by atoms with E-state index < -0.39 is 0 Å². The van der Waals surface area contributed by atoms with E-state index in [1.807, 2.05) is 0 Å². The molecule has 1 saturated heterocycles. The summed E-state index contributed by atoms with van der Waals surface area (Å²) < 4.78 is 3.20. The van der Waals surface area contributed by atoms with Crippen LogP contribution in [0.2, 0.25) is 0 Å². The quantitative estimate of drug-likeness (QED) is 0.696. The van der Waals surface area contributed by atoms with Crippen LogP contribution in [0.5, 0.6) is 0 Å². The number of anilines is 1. The number of aromatic nitrogens is 5. The van der Waals surface area contributed by atoms with Crippen molar-refractivity contribution in [3.8, 4) is 5.82 Å². The van der Waals surface area contributed by atoms with E-state index in [-0.39, 0.29) is 18.0 Å². The maximum atomic E-state index is 12.7. The SMILES string of the molecule is Cn1cc(C(=O)NC2CCN(C(=O)Nc3cccnc3-n3cccn3)CC2)cn1. The molecule has 1 aliphatic rings. The lowest BCUT2D eigenvalue weighted by molar-refractivity contribution is 0.0919. The maximum Gasteiger partial charge on any atom is 0.321 e. The summed E-state index contributed by atoms with van der Waals surface area (Å²) in [5.74, 6) is 0.421. The Labute approximate surface area is 167 Å². The molecule has 0 saturated carbocycles. The largest absolute Gasteiger partial charge is 0.349 e. The summed E-state index contributed by atoms with van der Waals surface area (Å²) in [6.07, 6.45) is 9.70. The molecular weight excluding hydrogens is 372 g/mol. The number of aryl methyl sites for hydroxylation is 1. The molecule has 0 aliphatic carbocycles. The maximum absolute atomic E-state index is 12.7.